The Bertz CT molecular complexity index is 1320. The summed E-state index contributed by atoms with van der Waals surface area (Å²) in [4.78, 5) is 4.37. The lowest BCUT2D eigenvalue weighted by Crippen LogP contribution is -2.11. The molecule has 4 aromatic carbocycles. The zero-order chi connectivity index (χ0) is 21.8. The summed E-state index contributed by atoms with van der Waals surface area (Å²) in [6.45, 7) is 1.62. The molecule has 0 aliphatic carbocycles. The summed E-state index contributed by atoms with van der Waals surface area (Å²) in [5.41, 5.74) is 3.34. The number of hydrogen-bond acceptors (Lipinski definition) is 3. The van der Waals surface area contributed by atoms with Gasteiger partial charge in [0.1, 0.15) is 11.5 Å². The van der Waals surface area contributed by atoms with Crippen molar-refractivity contribution in [3.63, 3.8) is 0 Å². The molecular weight excluding hydrogens is 462 g/mol. The van der Waals surface area contributed by atoms with Crippen molar-refractivity contribution in [3.8, 4) is 22.8 Å². The van der Waals surface area contributed by atoms with Crippen LogP contribution in [-0.2, 0) is 6.54 Å². The van der Waals surface area contributed by atoms with Crippen molar-refractivity contribution in [2.24, 2.45) is 0 Å². The number of ether oxygens (including phenoxy) is 1. The number of halogens is 1. The van der Waals surface area contributed by atoms with Crippen molar-refractivity contribution < 1.29 is 4.74 Å². The number of hydrogen-bond donors (Lipinski definition) is 1. The Morgan fingerprint density at radius 1 is 0.812 bits per heavy atom. The summed E-state index contributed by atoms with van der Waals surface area (Å²) in [6.07, 6.45) is 3.79. The number of fused-ring (bicyclic) bond motifs is 1. The Morgan fingerprint density at radius 2 is 1.53 bits per heavy atom. The van der Waals surface area contributed by atoms with Crippen LogP contribution in [0.25, 0.3) is 22.0 Å². The first-order valence-electron chi connectivity index (χ1n) is 10.5. The Balaban J connectivity index is 1.25. The van der Waals surface area contributed by atoms with Crippen molar-refractivity contribution in [1.82, 2.24) is 9.55 Å². The average molecular weight is 484 g/mol. The minimum Gasteiger partial charge on any atom is -0.457 e. The van der Waals surface area contributed by atoms with Gasteiger partial charge in [-0.2, -0.15) is 0 Å². The van der Waals surface area contributed by atoms with E-state index in [4.69, 9.17) is 4.74 Å². The van der Waals surface area contributed by atoms with Crippen molar-refractivity contribution in [2.75, 3.05) is 11.9 Å². The molecule has 0 radical (unpaired) electrons. The van der Waals surface area contributed by atoms with Crippen LogP contribution in [0.5, 0.6) is 11.5 Å². The maximum Gasteiger partial charge on any atom is 0.127 e. The Morgan fingerprint density at radius 3 is 2.34 bits per heavy atom. The van der Waals surface area contributed by atoms with E-state index in [1.165, 1.54) is 10.8 Å². The smallest absolute Gasteiger partial charge is 0.127 e. The first kappa shape index (κ1) is 20.3. The third-order valence-electron chi connectivity index (χ3n) is 5.37. The Hall–Kier alpha value is -3.57. The van der Waals surface area contributed by atoms with E-state index in [-0.39, 0.29) is 0 Å². The molecule has 5 aromatic rings. The molecule has 0 saturated carbocycles. The first-order chi connectivity index (χ1) is 15.8. The molecule has 158 valence electrons. The number of nitrogens with zero attached hydrogens (tertiary/aromatic N) is 2. The lowest BCUT2D eigenvalue weighted by molar-refractivity contribution is 0.482. The number of aromatic nitrogens is 2. The van der Waals surface area contributed by atoms with Crippen LogP contribution in [0, 0.1) is 0 Å². The van der Waals surface area contributed by atoms with Gasteiger partial charge in [-0.25, -0.2) is 4.98 Å². The molecule has 0 amide bonds. The quantitative estimate of drug-likeness (QED) is 0.262. The van der Waals surface area contributed by atoms with Crippen LogP contribution in [-0.4, -0.2) is 16.1 Å². The summed E-state index contributed by atoms with van der Waals surface area (Å²) in [5, 5.41) is 6.05. The lowest BCUT2D eigenvalue weighted by Gasteiger charge is -2.12. The van der Waals surface area contributed by atoms with Crippen LogP contribution in [0.3, 0.4) is 0 Å². The molecule has 1 aromatic heterocycles. The van der Waals surface area contributed by atoms with Gasteiger partial charge in [-0.15, -0.1) is 0 Å². The minimum absolute atomic E-state index is 0.805. The van der Waals surface area contributed by atoms with Crippen LogP contribution in [0.4, 0.5) is 5.69 Å². The summed E-state index contributed by atoms with van der Waals surface area (Å²) in [7, 11) is 0. The summed E-state index contributed by atoms with van der Waals surface area (Å²) in [6, 6.07) is 30.7. The van der Waals surface area contributed by atoms with E-state index in [1.54, 1.807) is 0 Å². The number of benzene rings is 4. The third-order valence-corrected chi connectivity index (χ3v) is 5.90. The zero-order valence-corrected chi connectivity index (χ0v) is 19.0. The van der Waals surface area contributed by atoms with Crippen LogP contribution in [0.2, 0.25) is 0 Å². The van der Waals surface area contributed by atoms with Gasteiger partial charge in [-0.3, -0.25) is 0 Å². The Labute approximate surface area is 195 Å². The summed E-state index contributed by atoms with van der Waals surface area (Å²) in [5.74, 6) is 1.62. The second-order valence-corrected chi connectivity index (χ2v) is 8.42. The molecule has 4 nitrogen and oxygen atoms in total. The fourth-order valence-electron chi connectivity index (χ4n) is 3.76. The molecule has 1 heterocycles. The number of anilines is 1. The van der Waals surface area contributed by atoms with Gasteiger partial charge in [0.25, 0.3) is 0 Å². The van der Waals surface area contributed by atoms with Crippen molar-refractivity contribution >= 4 is 32.4 Å². The topological polar surface area (TPSA) is 39.1 Å². The van der Waals surface area contributed by atoms with E-state index in [0.717, 1.165) is 46.0 Å². The van der Waals surface area contributed by atoms with Crippen molar-refractivity contribution in [2.45, 2.75) is 6.54 Å². The fourth-order valence-corrected chi connectivity index (χ4v) is 4.03. The van der Waals surface area contributed by atoms with Gasteiger partial charge < -0.3 is 14.6 Å². The summed E-state index contributed by atoms with van der Waals surface area (Å²) < 4.78 is 9.13. The molecule has 32 heavy (non-hydrogen) atoms. The largest absolute Gasteiger partial charge is 0.457 e. The van der Waals surface area contributed by atoms with Gasteiger partial charge in [0.15, 0.2) is 0 Å². The van der Waals surface area contributed by atoms with Crippen LogP contribution in [0.15, 0.2) is 108 Å². The highest BCUT2D eigenvalue weighted by Crippen LogP contribution is 2.27. The fraction of sp³-hybridized carbons (Fsp3) is 0.0741. The molecule has 0 aliphatic rings. The maximum atomic E-state index is 5.93. The van der Waals surface area contributed by atoms with Crippen molar-refractivity contribution in [1.29, 1.82) is 0 Å². The van der Waals surface area contributed by atoms with Gasteiger partial charge in [0, 0.05) is 34.2 Å². The second-order valence-electron chi connectivity index (χ2n) is 7.51. The standard InChI is InChI=1S/C27H22BrN3O/c28-22-10-14-24(15-11-22)32-23-12-8-21(9-13-23)27-18-29-19-31(27)17-16-30-26-7-3-5-20-4-1-2-6-25(20)26/h1-15,18-19,30H,16-17H2. The van der Waals surface area contributed by atoms with E-state index in [9.17, 15) is 0 Å². The molecule has 5 rings (SSSR count). The molecule has 0 aliphatic heterocycles. The van der Waals surface area contributed by atoms with E-state index in [1.807, 2.05) is 48.9 Å². The Kier molecular flexibility index (Phi) is 5.90. The highest BCUT2D eigenvalue weighted by Gasteiger charge is 2.07. The van der Waals surface area contributed by atoms with Crippen molar-refractivity contribution in [3.05, 3.63) is 108 Å². The van der Waals surface area contributed by atoms with E-state index in [0.29, 0.717) is 0 Å². The minimum atomic E-state index is 0.805. The van der Waals surface area contributed by atoms with Crippen LogP contribution in [0.1, 0.15) is 0 Å². The highest BCUT2D eigenvalue weighted by atomic mass is 79.9. The molecule has 0 bridgehead atoms. The molecule has 1 N–H and O–H groups in total. The van der Waals surface area contributed by atoms with Crippen LogP contribution >= 0.6 is 15.9 Å². The molecule has 0 saturated heterocycles. The SMILES string of the molecule is Brc1ccc(Oc2ccc(-c3cncn3CCNc3cccc4ccccc34)cc2)cc1. The second kappa shape index (κ2) is 9.28. The van der Waals surface area contributed by atoms with Gasteiger partial charge in [0.2, 0.25) is 0 Å². The van der Waals surface area contributed by atoms with Gasteiger partial charge in [-0.05, 0) is 60.0 Å². The zero-order valence-electron chi connectivity index (χ0n) is 17.4. The first-order valence-corrected chi connectivity index (χ1v) is 11.3. The van der Waals surface area contributed by atoms with Gasteiger partial charge in [-0.1, -0.05) is 52.3 Å². The van der Waals surface area contributed by atoms with Gasteiger partial charge >= 0.3 is 0 Å². The third kappa shape index (κ3) is 4.53. The molecule has 0 atom stereocenters. The number of imidazole rings is 1. The molecular formula is C27H22BrN3O. The monoisotopic (exact) mass is 483 g/mol. The predicted octanol–water partition coefficient (Wildman–Crippen LogP) is 7.37. The number of nitrogens with one attached hydrogen (secondary N) is 1. The molecule has 0 spiro atoms. The van der Waals surface area contributed by atoms with Crippen LogP contribution < -0.4 is 10.1 Å². The van der Waals surface area contributed by atoms with Gasteiger partial charge in [0.05, 0.1) is 18.2 Å². The average Bonchev–Trinajstić information content (AvgIpc) is 3.30. The molecule has 0 fully saturated rings. The summed E-state index contributed by atoms with van der Waals surface area (Å²) >= 11 is 3.44. The van der Waals surface area contributed by atoms with E-state index >= 15 is 0 Å². The molecule has 5 heteroatoms. The van der Waals surface area contributed by atoms with E-state index < -0.39 is 0 Å². The lowest BCUT2D eigenvalue weighted by atomic mass is 10.1. The predicted molar refractivity (Wildman–Crippen MR) is 134 cm³/mol. The number of rotatable bonds is 7. The molecule has 0 unspecified atom stereocenters. The van der Waals surface area contributed by atoms with E-state index in [2.05, 4.69) is 85.4 Å². The highest BCUT2D eigenvalue weighted by molar-refractivity contribution is 9.10. The maximum absolute atomic E-state index is 5.93. The normalized spacial score (nSPS) is 10.9.